The highest BCUT2D eigenvalue weighted by molar-refractivity contribution is 5.63. The van der Waals surface area contributed by atoms with Gasteiger partial charge in [-0.15, -0.1) is 0 Å². The van der Waals surface area contributed by atoms with Gasteiger partial charge in [0.1, 0.15) is 5.75 Å². The smallest absolute Gasteiger partial charge is 0.122 e. The van der Waals surface area contributed by atoms with Crippen molar-refractivity contribution in [2.75, 3.05) is 25.5 Å². The van der Waals surface area contributed by atoms with Gasteiger partial charge in [-0.05, 0) is 56.4 Å². The molecule has 1 saturated carbocycles. The van der Waals surface area contributed by atoms with Crippen LogP contribution in [0.1, 0.15) is 29.5 Å². The predicted molar refractivity (Wildman–Crippen MR) is 76.7 cm³/mol. The Morgan fingerprint density at radius 2 is 1.89 bits per heavy atom. The Labute approximate surface area is 110 Å². The molecule has 1 fully saturated rings. The molecule has 0 bridgehead atoms. The Balaban J connectivity index is 1.99. The molecule has 2 N–H and O–H groups in total. The second kappa shape index (κ2) is 5.61. The first-order valence-electron chi connectivity index (χ1n) is 6.75. The van der Waals surface area contributed by atoms with Gasteiger partial charge in [-0.2, -0.15) is 0 Å². The maximum absolute atomic E-state index is 5.39. The molecule has 18 heavy (non-hydrogen) atoms. The summed E-state index contributed by atoms with van der Waals surface area (Å²) in [4.78, 5) is 0. The average molecular weight is 248 g/mol. The quantitative estimate of drug-likeness (QED) is 0.760. The fourth-order valence-electron chi connectivity index (χ4n) is 2.28. The van der Waals surface area contributed by atoms with E-state index in [1.165, 1.54) is 35.2 Å². The fraction of sp³-hybridized carbons (Fsp3) is 0.600. The molecule has 1 aromatic carbocycles. The lowest BCUT2D eigenvalue weighted by molar-refractivity contribution is 0.411. The molecule has 0 aliphatic heterocycles. The zero-order valence-electron chi connectivity index (χ0n) is 11.9. The first kappa shape index (κ1) is 13.2. The summed E-state index contributed by atoms with van der Waals surface area (Å²) in [5, 5.41) is 7.05. The summed E-state index contributed by atoms with van der Waals surface area (Å²) in [6.45, 7) is 8.41. The van der Waals surface area contributed by atoms with Gasteiger partial charge in [0, 0.05) is 24.8 Å². The Hall–Kier alpha value is -1.22. The van der Waals surface area contributed by atoms with Crippen molar-refractivity contribution in [3.05, 3.63) is 22.8 Å². The molecule has 1 aliphatic carbocycles. The van der Waals surface area contributed by atoms with Crippen LogP contribution in [0.15, 0.2) is 6.07 Å². The molecule has 0 atom stereocenters. The monoisotopic (exact) mass is 248 g/mol. The van der Waals surface area contributed by atoms with Crippen LogP contribution in [0.25, 0.3) is 0 Å². The third kappa shape index (κ3) is 2.96. The molecule has 0 heterocycles. The zero-order chi connectivity index (χ0) is 13.1. The standard InChI is InChI=1S/C15H24N2O/c1-10-9-14(18-4)11(2)12(3)15(10)17-8-7-16-13-5-6-13/h9,13,16-17H,5-8H2,1-4H3. The van der Waals surface area contributed by atoms with E-state index in [-0.39, 0.29) is 0 Å². The molecule has 0 spiro atoms. The molecule has 0 saturated heterocycles. The lowest BCUT2D eigenvalue weighted by Crippen LogP contribution is -2.24. The van der Waals surface area contributed by atoms with E-state index >= 15 is 0 Å². The van der Waals surface area contributed by atoms with Crippen LogP contribution in [-0.4, -0.2) is 26.2 Å². The van der Waals surface area contributed by atoms with Crippen LogP contribution in [0.3, 0.4) is 0 Å². The van der Waals surface area contributed by atoms with E-state index in [1.54, 1.807) is 7.11 Å². The number of benzene rings is 1. The highest BCUT2D eigenvalue weighted by Crippen LogP contribution is 2.30. The van der Waals surface area contributed by atoms with Crippen molar-refractivity contribution in [3.63, 3.8) is 0 Å². The first-order valence-corrected chi connectivity index (χ1v) is 6.75. The summed E-state index contributed by atoms with van der Waals surface area (Å²) in [6.07, 6.45) is 2.69. The molecular formula is C15H24N2O. The van der Waals surface area contributed by atoms with E-state index in [2.05, 4.69) is 37.5 Å². The summed E-state index contributed by atoms with van der Waals surface area (Å²) in [6, 6.07) is 2.89. The summed E-state index contributed by atoms with van der Waals surface area (Å²) in [5.74, 6) is 0.978. The van der Waals surface area contributed by atoms with Crippen molar-refractivity contribution >= 4 is 5.69 Å². The van der Waals surface area contributed by atoms with Crippen molar-refractivity contribution < 1.29 is 4.74 Å². The molecule has 2 rings (SSSR count). The number of aryl methyl sites for hydroxylation is 1. The van der Waals surface area contributed by atoms with Crippen LogP contribution in [0.5, 0.6) is 5.75 Å². The lowest BCUT2D eigenvalue weighted by Gasteiger charge is -2.17. The van der Waals surface area contributed by atoms with Gasteiger partial charge in [-0.1, -0.05) is 0 Å². The van der Waals surface area contributed by atoms with Gasteiger partial charge in [0.15, 0.2) is 0 Å². The second-order valence-corrected chi connectivity index (χ2v) is 5.18. The predicted octanol–water partition coefficient (Wildman–Crippen LogP) is 2.78. The third-order valence-corrected chi connectivity index (χ3v) is 3.71. The molecule has 0 aromatic heterocycles. The van der Waals surface area contributed by atoms with Gasteiger partial charge in [0.25, 0.3) is 0 Å². The van der Waals surface area contributed by atoms with Crippen molar-refractivity contribution in [3.8, 4) is 5.75 Å². The molecule has 1 aromatic rings. The number of nitrogens with one attached hydrogen (secondary N) is 2. The van der Waals surface area contributed by atoms with Gasteiger partial charge >= 0.3 is 0 Å². The molecule has 0 unspecified atom stereocenters. The maximum Gasteiger partial charge on any atom is 0.122 e. The highest BCUT2D eigenvalue weighted by Gasteiger charge is 2.19. The first-order chi connectivity index (χ1) is 8.63. The van der Waals surface area contributed by atoms with Crippen LogP contribution in [0.2, 0.25) is 0 Å². The molecular weight excluding hydrogens is 224 g/mol. The number of anilines is 1. The normalized spacial score (nSPS) is 14.7. The number of rotatable bonds is 6. The largest absolute Gasteiger partial charge is 0.496 e. The van der Waals surface area contributed by atoms with E-state index in [4.69, 9.17) is 4.74 Å². The summed E-state index contributed by atoms with van der Waals surface area (Å²) in [7, 11) is 1.73. The molecule has 3 heteroatoms. The Morgan fingerprint density at radius 3 is 2.50 bits per heavy atom. The molecule has 0 radical (unpaired) electrons. The summed E-state index contributed by atoms with van der Waals surface area (Å²) >= 11 is 0. The van der Waals surface area contributed by atoms with Gasteiger partial charge in [0.2, 0.25) is 0 Å². The van der Waals surface area contributed by atoms with Crippen molar-refractivity contribution in [2.45, 2.75) is 39.7 Å². The Kier molecular flexibility index (Phi) is 4.12. The highest BCUT2D eigenvalue weighted by atomic mass is 16.5. The minimum Gasteiger partial charge on any atom is -0.496 e. The van der Waals surface area contributed by atoms with Crippen molar-refractivity contribution in [2.24, 2.45) is 0 Å². The minimum atomic E-state index is 0.784. The number of hydrogen-bond donors (Lipinski definition) is 2. The fourth-order valence-corrected chi connectivity index (χ4v) is 2.28. The Morgan fingerprint density at radius 1 is 1.17 bits per heavy atom. The number of ether oxygens (including phenoxy) is 1. The van der Waals surface area contributed by atoms with Crippen molar-refractivity contribution in [1.29, 1.82) is 0 Å². The zero-order valence-corrected chi connectivity index (χ0v) is 11.9. The lowest BCUT2D eigenvalue weighted by atomic mass is 10.0. The number of methoxy groups -OCH3 is 1. The topological polar surface area (TPSA) is 33.3 Å². The average Bonchev–Trinajstić information content (AvgIpc) is 3.16. The molecule has 1 aliphatic rings. The van der Waals surface area contributed by atoms with Crippen LogP contribution in [-0.2, 0) is 0 Å². The summed E-state index contributed by atoms with van der Waals surface area (Å²) < 4.78 is 5.39. The van der Waals surface area contributed by atoms with Gasteiger partial charge in [0.05, 0.1) is 7.11 Å². The van der Waals surface area contributed by atoms with Gasteiger partial charge in [-0.3, -0.25) is 0 Å². The van der Waals surface area contributed by atoms with E-state index in [1.807, 2.05) is 0 Å². The van der Waals surface area contributed by atoms with Crippen LogP contribution < -0.4 is 15.4 Å². The van der Waals surface area contributed by atoms with Gasteiger partial charge < -0.3 is 15.4 Å². The van der Waals surface area contributed by atoms with Crippen LogP contribution >= 0.6 is 0 Å². The SMILES string of the molecule is COc1cc(C)c(NCCNC2CC2)c(C)c1C. The second-order valence-electron chi connectivity index (χ2n) is 5.18. The molecule has 3 nitrogen and oxygen atoms in total. The van der Waals surface area contributed by atoms with E-state index in [0.29, 0.717) is 0 Å². The molecule has 100 valence electrons. The minimum absolute atomic E-state index is 0.784. The maximum atomic E-state index is 5.39. The van der Waals surface area contributed by atoms with E-state index in [9.17, 15) is 0 Å². The third-order valence-electron chi connectivity index (χ3n) is 3.71. The van der Waals surface area contributed by atoms with E-state index in [0.717, 1.165) is 24.9 Å². The van der Waals surface area contributed by atoms with E-state index < -0.39 is 0 Å². The van der Waals surface area contributed by atoms with Gasteiger partial charge in [-0.25, -0.2) is 0 Å². The van der Waals surface area contributed by atoms with Crippen LogP contribution in [0.4, 0.5) is 5.69 Å². The van der Waals surface area contributed by atoms with Crippen LogP contribution in [0, 0.1) is 20.8 Å². The summed E-state index contributed by atoms with van der Waals surface area (Å²) in [5.41, 5.74) is 5.02. The van der Waals surface area contributed by atoms with Crippen molar-refractivity contribution in [1.82, 2.24) is 5.32 Å². The Bertz CT molecular complexity index is 425. The number of hydrogen-bond acceptors (Lipinski definition) is 3. The molecule has 0 amide bonds.